The Kier molecular flexibility index (Phi) is 5.76. The minimum atomic E-state index is -3.42. The highest BCUT2D eigenvalue weighted by Crippen LogP contribution is 2.42. The van der Waals surface area contributed by atoms with E-state index in [9.17, 15) is 8.42 Å². The van der Waals surface area contributed by atoms with Gasteiger partial charge < -0.3 is 9.64 Å². The Hall–Kier alpha value is -2.91. The van der Waals surface area contributed by atoms with Gasteiger partial charge in [-0.3, -0.25) is 9.58 Å². The zero-order chi connectivity index (χ0) is 24.0. The van der Waals surface area contributed by atoms with Gasteiger partial charge in [-0.2, -0.15) is 0 Å². The van der Waals surface area contributed by atoms with Gasteiger partial charge in [-0.25, -0.2) is 8.42 Å². The molecule has 35 heavy (non-hydrogen) atoms. The van der Waals surface area contributed by atoms with Crippen molar-refractivity contribution in [2.45, 2.75) is 29.8 Å². The van der Waals surface area contributed by atoms with E-state index in [-0.39, 0.29) is 16.7 Å². The second kappa shape index (κ2) is 8.95. The third kappa shape index (κ3) is 4.43. The van der Waals surface area contributed by atoms with Crippen LogP contribution in [-0.4, -0.2) is 72.9 Å². The standard InChI is InChI=1S/C26H31N5O3S/c1-29-16-26(27-28-29)35(32,33)18-20-14-31(15-20)21-8-9-25-23(13-21)22(12-19-6-3-2-4-7-19)24(17-34-25)30-10-5-11-30/h2-4,6-9,13,16,20,22,24H,5,10-12,14-15,17-18H2,1H3. The van der Waals surface area contributed by atoms with E-state index in [4.69, 9.17) is 4.74 Å². The predicted octanol–water partition coefficient (Wildman–Crippen LogP) is 2.52. The Morgan fingerprint density at radius 1 is 1.09 bits per heavy atom. The minimum absolute atomic E-state index is 0.0603. The summed E-state index contributed by atoms with van der Waals surface area (Å²) in [7, 11) is -1.75. The van der Waals surface area contributed by atoms with Crippen LogP contribution in [-0.2, 0) is 23.3 Å². The molecule has 2 atom stereocenters. The number of ether oxygens (including phenoxy) is 1. The number of anilines is 1. The Morgan fingerprint density at radius 3 is 2.57 bits per heavy atom. The lowest BCUT2D eigenvalue weighted by Crippen LogP contribution is -2.52. The van der Waals surface area contributed by atoms with Gasteiger partial charge in [0.2, 0.25) is 0 Å². The average molecular weight is 494 g/mol. The number of benzene rings is 2. The topological polar surface area (TPSA) is 80.6 Å². The number of hydrogen-bond acceptors (Lipinski definition) is 7. The molecule has 8 nitrogen and oxygen atoms in total. The molecule has 2 fully saturated rings. The van der Waals surface area contributed by atoms with E-state index >= 15 is 0 Å². The third-order valence-electron chi connectivity index (χ3n) is 7.60. The van der Waals surface area contributed by atoms with Crippen molar-refractivity contribution >= 4 is 15.5 Å². The van der Waals surface area contributed by atoms with Crippen LogP contribution in [0.2, 0.25) is 0 Å². The first-order valence-electron chi connectivity index (χ1n) is 12.3. The zero-order valence-corrected chi connectivity index (χ0v) is 20.8. The first-order chi connectivity index (χ1) is 17.0. The molecule has 4 heterocycles. The molecule has 184 valence electrons. The highest BCUT2D eigenvalue weighted by atomic mass is 32.2. The van der Waals surface area contributed by atoms with Crippen LogP contribution < -0.4 is 9.64 Å². The first-order valence-corrected chi connectivity index (χ1v) is 14.0. The SMILES string of the molecule is Cn1cc(S(=O)(=O)CC2CN(c3ccc4c(c3)C(Cc3ccccc3)C(N3CCC3)CO4)C2)nn1. The highest BCUT2D eigenvalue weighted by Gasteiger charge is 2.38. The summed E-state index contributed by atoms with van der Waals surface area (Å²) in [6.07, 6.45) is 3.71. The summed E-state index contributed by atoms with van der Waals surface area (Å²) in [5.74, 6) is 1.54. The van der Waals surface area contributed by atoms with Crippen molar-refractivity contribution < 1.29 is 13.2 Å². The molecular weight excluding hydrogens is 462 g/mol. The summed E-state index contributed by atoms with van der Waals surface area (Å²) in [6.45, 7) is 4.46. The maximum absolute atomic E-state index is 12.7. The van der Waals surface area contributed by atoms with Crippen LogP contribution in [0.4, 0.5) is 5.69 Å². The summed E-state index contributed by atoms with van der Waals surface area (Å²) in [6, 6.07) is 17.6. The fraction of sp³-hybridized carbons (Fsp3) is 0.462. The molecule has 6 rings (SSSR count). The van der Waals surface area contributed by atoms with Crippen LogP contribution in [0.5, 0.6) is 5.75 Å². The molecule has 0 aliphatic carbocycles. The molecule has 9 heteroatoms. The van der Waals surface area contributed by atoms with Gasteiger partial charge in [-0.1, -0.05) is 35.5 Å². The Balaban J connectivity index is 1.19. The number of fused-ring (bicyclic) bond motifs is 1. The average Bonchev–Trinajstić information content (AvgIpc) is 3.24. The van der Waals surface area contributed by atoms with Gasteiger partial charge >= 0.3 is 0 Å². The lowest BCUT2D eigenvalue weighted by Gasteiger charge is -2.46. The molecule has 3 aliphatic rings. The van der Waals surface area contributed by atoms with E-state index in [1.165, 1.54) is 28.4 Å². The number of rotatable bonds is 7. The van der Waals surface area contributed by atoms with Crippen LogP contribution in [0.1, 0.15) is 23.5 Å². The van der Waals surface area contributed by atoms with Crippen molar-refractivity contribution in [3.63, 3.8) is 0 Å². The molecule has 0 spiro atoms. The van der Waals surface area contributed by atoms with Gasteiger partial charge in [0.05, 0.1) is 18.0 Å². The summed E-state index contributed by atoms with van der Waals surface area (Å²) < 4.78 is 33.0. The summed E-state index contributed by atoms with van der Waals surface area (Å²) >= 11 is 0. The minimum Gasteiger partial charge on any atom is -0.492 e. The zero-order valence-electron chi connectivity index (χ0n) is 20.0. The normalized spacial score (nSPS) is 22.7. The molecule has 2 aromatic carbocycles. The van der Waals surface area contributed by atoms with E-state index in [1.807, 2.05) is 0 Å². The van der Waals surface area contributed by atoms with Gasteiger partial charge in [0.15, 0.2) is 14.9 Å². The molecule has 1 aromatic heterocycles. The molecule has 3 aromatic rings. The van der Waals surface area contributed by atoms with Crippen LogP contribution in [0.3, 0.4) is 0 Å². The second-order valence-electron chi connectivity index (χ2n) is 10.1. The lowest BCUT2D eigenvalue weighted by molar-refractivity contribution is 0.0502. The maximum atomic E-state index is 12.7. The number of aromatic nitrogens is 3. The van der Waals surface area contributed by atoms with Crippen LogP contribution in [0, 0.1) is 5.92 Å². The molecular formula is C26H31N5O3S. The fourth-order valence-corrected chi connectivity index (χ4v) is 7.03. The Bertz CT molecular complexity index is 1300. The summed E-state index contributed by atoms with van der Waals surface area (Å²) in [5.41, 5.74) is 3.76. The molecule has 0 bridgehead atoms. The van der Waals surface area contributed by atoms with Gasteiger partial charge in [-0.05, 0) is 49.7 Å². The Labute approximate surface area is 206 Å². The molecule has 0 N–H and O–H groups in total. The lowest BCUT2D eigenvalue weighted by atomic mass is 9.82. The van der Waals surface area contributed by atoms with Crippen molar-refractivity contribution in [3.8, 4) is 5.75 Å². The second-order valence-corrected chi connectivity index (χ2v) is 12.1. The van der Waals surface area contributed by atoms with Crippen LogP contribution in [0.25, 0.3) is 0 Å². The van der Waals surface area contributed by atoms with E-state index in [0.717, 1.165) is 50.6 Å². The fourth-order valence-electron chi connectivity index (χ4n) is 5.55. The number of sulfone groups is 1. The van der Waals surface area contributed by atoms with Gasteiger partial charge in [-0.15, -0.1) is 5.10 Å². The quantitative estimate of drug-likeness (QED) is 0.500. The highest BCUT2D eigenvalue weighted by molar-refractivity contribution is 7.91. The van der Waals surface area contributed by atoms with E-state index in [2.05, 4.69) is 68.6 Å². The van der Waals surface area contributed by atoms with Crippen LogP contribution in [0.15, 0.2) is 59.8 Å². The van der Waals surface area contributed by atoms with Crippen molar-refractivity contribution in [2.24, 2.45) is 13.0 Å². The van der Waals surface area contributed by atoms with Crippen molar-refractivity contribution in [1.82, 2.24) is 19.9 Å². The van der Waals surface area contributed by atoms with Crippen LogP contribution >= 0.6 is 0 Å². The smallest absolute Gasteiger partial charge is 0.199 e. The van der Waals surface area contributed by atoms with Gasteiger partial charge in [0, 0.05) is 43.2 Å². The largest absolute Gasteiger partial charge is 0.492 e. The molecule has 0 radical (unpaired) electrons. The molecule has 2 unspecified atom stereocenters. The molecule has 0 amide bonds. The Morgan fingerprint density at radius 2 is 1.89 bits per heavy atom. The van der Waals surface area contributed by atoms with Crippen molar-refractivity contribution in [3.05, 3.63) is 65.9 Å². The number of hydrogen-bond donors (Lipinski definition) is 0. The van der Waals surface area contributed by atoms with E-state index < -0.39 is 9.84 Å². The van der Waals surface area contributed by atoms with Crippen molar-refractivity contribution in [1.29, 1.82) is 0 Å². The molecule has 3 aliphatic heterocycles. The van der Waals surface area contributed by atoms with Crippen molar-refractivity contribution in [2.75, 3.05) is 43.4 Å². The van der Waals surface area contributed by atoms with E-state index in [1.54, 1.807) is 7.05 Å². The number of nitrogens with zero attached hydrogens (tertiary/aromatic N) is 5. The maximum Gasteiger partial charge on any atom is 0.199 e. The predicted molar refractivity (Wildman–Crippen MR) is 134 cm³/mol. The number of likely N-dealkylation sites (tertiary alicyclic amines) is 1. The third-order valence-corrected chi connectivity index (χ3v) is 9.34. The van der Waals surface area contributed by atoms with Gasteiger partial charge in [0.1, 0.15) is 12.4 Å². The van der Waals surface area contributed by atoms with Gasteiger partial charge in [0.25, 0.3) is 0 Å². The monoisotopic (exact) mass is 493 g/mol. The summed E-state index contributed by atoms with van der Waals surface area (Å²) in [4.78, 5) is 4.82. The van der Waals surface area contributed by atoms with E-state index in [0.29, 0.717) is 12.0 Å². The summed E-state index contributed by atoms with van der Waals surface area (Å²) in [5, 5.41) is 7.62. The first kappa shape index (κ1) is 22.5. The molecule has 2 saturated heterocycles. The molecule has 0 saturated carbocycles. The number of aryl methyl sites for hydroxylation is 1.